The molecule has 30 heavy (non-hydrogen) atoms. The summed E-state index contributed by atoms with van der Waals surface area (Å²) in [5.74, 6) is 3.15. The highest BCUT2D eigenvalue weighted by atomic mass is 32.1. The molecular weight excluding hydrogens is 402 g/mol. The van der Waals surface area contributed by atoms with Gasteiger partial charge in [-0.15, -0.1) is 0 Å². The summed E-state index contributed by atoms with van der Waals surface area (Å²) in [6.07, 6.45) is 3.16. The lowest BCUT2D eigenvalue weighted by Gasteiger charge is -2.11. The Labute approximate surface area is 177 Å². The molecule has 3 aromatic heterocycles. The zero-order chi connectivity index (χ0) is 20.9. The van der Waals surface area contributed by atoms with Crippen molar-refractivity contribution in [1.29, 1.82) is 0 Å². The van der Waals surface area contributed by atoms with Crippen molar-refractivity contribution in [3.63, 3.8) is 0 Å². The molecule has 0 bridgehead atoms. The quantitative estimate of drug-likeness (QED) is 0.455. The third-order valence-electron chi connectivity index (χ3n) is 4.10. The van der Waals surface area contributed by atoms with Crippen LogP contribution in [0.5, 0.6) is 17.4 Å². The number of anilines is 2. The first-order chi connectivity index (χ1) is 14.6. The fourth-order valence-electron chi connectivity index (χ4n) is 2.63. The van der Waals surface area contributed by atoms with Crippen LogP contribution in [0.1, 0.15) is 5.82 Å². The summed E-state index contributed by atoms with van der Waals surface area (Å²) in [6, 6.07) is 9.21. The van der Waals surface area contributed by atoms with Crippen LogP contribution in [-0.4, -0.2) is 56.5 Å². The van der Waals surface area contributed by atoms with Gasteiger partial charge in [-0.3, -0.25) is 0 Å². The molecular formula is C20H21N7O2S. The van der Waals surface area contributed by atoms with Crippen LogP contribution >= 0.6 is 11.5 Å². The van der Waals surface area contributed by atoms with E-state index in [1.165, 1.54) is 17.9 Å². The van der Waals surface area contributed by atoms with Crippen LogP contribution in [0.4, 0.5) is 10.9 Å². The van der Waals surface area contributed by atoms with Gasteiger partial charge >= 0.3 is 0 Å². The standard InChI is InChI=1S/C20H21N7O2S/c1-13-24-20(30-26-13)25-19-16-10-14(4-6-17(16)22-12-23-19)29-18-7-5-15(11-21-18)28-9-8-27(2)3/h4-7,10-12H,8-9H2,1-3H3,(H,22,23,24,25,26). The Bertz CT molecular complexity index is 1130. The molecule has 0 saturated carbocycles. The summed E-state index contributed by atoms with van der Waals surface area (Å²) in [5.41, 5.74) is 0.790. The van der Waals surface area contributed by atoms with Gasteiger partial charge in [-0.1, -0.05) is 0 Å². The van der Waals surface area contributed by atoms with Crippen molar-refractivity contribution < 1.29 is 9.47 Å². The van der Waals surface area contributed by atoms with Gasteiger partial charge in [-0.2, -0.15) is 4.37 Å². The molecule has 9 nitrogen and oxygen atoms in total. The summed E-state index contributed by atoms with van der Waals surface area (Å²) in [4.78, 5) is 19.4. The highest BCUT2D eigenvalue weighted by Crippen LogP contribution is 2.29. The van der Waals surface area contributed by atoms with Gasteiger partial charge in [-0.25, -0.2) is 19.9 Å². The maximum Gasteiger partial charge on any atom is 0.219 e. The van der Waals surface area contributed by atoms with E-state index in [1.54, 1.807) is 12.3 Å². The number of nitrogens with one attached hydrogen (secondary N) is 1. The van der Waals surface area contributed by atoms with Crippen molar-refractivity contribution in [1.82, 2.24) is 29.2 Å². The van der Waals surface area contributed by atoms with Crippen LogP contribution in [0, 0.1) is 6.92 Å². The molecule has 10 heteroatoms. The molecule has 154 valence electrons. The lowest BCUT2D eigenvalue weighted by molar-refractivity contribution is 0.260. The molecule has 0 saturated heterocycles. The second kappa shape index (κ2) is 8.97. The predicted octanol–water partition coefficient (Wildman–Crippen LogP) is 3.66. The van der Waals surface area contributed by atoms with E-state index >= 15 is 0 Å². The van der Waals surface area contributed by atoms with Gasteiger partial charge in [0.2, 0.25) is 11.0 Å². The van der Waals surface area contributed by atoms with Crippen molar-refractivity contribution in [3.8, 4) is 17.4 Å². The first kappa shape index (κ1) is 19.9. The Morgan fingerprint density at radius 2 is 1.93 bits per heavy atom. The number of pyridine rings is 1. The van der Waals surface area contributed by atoms with E-state index < -0.39 is 0 Å². The topological polar surface area (TPSA) is 98.2 Å². The summed E-state index contributed by atoms with van der Waals surface area (Å²) < 4.78 is 15.7. The maximum atomic E-state index is 5.91. The number of aryl methyl sites for hydroxylation is 1. The van der Waals surface area contributed by atoms with E-state index in [2.05, 4.69) is 34.5 Å². The van der Waals surface area contributed by atoms with E-state index in [4.69, 9.17) is 9.47 Å². The minimum absolute atomic E-state index is 0.473. The van der Waals surface area contributed by atoms with Gasteiger partial charge in [0.25, 0.3) is 0 Å². The molecule has 0 spiro atoms. The fraction of sp³-hybridized carbons (Fsp3) is 0.250. The van der Waals surface area contributed by atoms with Gasteiger partial charge in [0.15, 0.2) is 0 Å². The third kappa shape index (κ3) is 4.97. The Balaban J connectivity index is 1.50. The van der Waals surface area contributed by atoms with E-state index in [-0.39, 0.29) is 0 Å². The third-order valence-corrected chi connectivity index (χ3v) is 4.82. The highest BCUT2D eigenvalue weighted by molar-refractivity contribution is 7.09. The molecule has 1 N–H and O–H groups in total. The van der Waals surface area contributed by atoms with E-state index in [0.29, 0.717) is 40.8 Å². The lowest BCUT2D eigenvalue weighted by Crippen LogP contribution is -2.19. The molecule has 0 aliphatic rings. The average Bonchev–Trinajstić information content (AvgIpc) is 3.14. The van der Waals surface area contributed by atoms with Crippen molar-refractivity contribution in [2.45, 2.75) is 6.92 Å². The van der Waals surface area contributed by atoms with Crippen LogP contribution in [0.15, 0.2) is 42.9 Å². The zero-order valence-electron chi connectivity index (χ0n) is 16.9. The number of rotatable bonds is 8. The summed E-state index contributed by atoms with van der Waals surface area (Å²) in [5, 5.41) is 4.68. The minimum Gasteiger partial charge on any atom is -0.491 e. The molecule has 3 heterocycles. The van der Waals surface area contributed by atoms with Gasteiger partial charge in [-0.05, 0) is 45.3 Å². The molecule has 0 fully saturated rings. The number of likely N-dealkylation sites (N-methyl/N-ethyl adjacent to an activating group) is 1. The number of fused-ring (bicyclic) bond motifs is 1. The Hall–Kier alpha value is -3.37. The van der Waals surface area contributed by atoms with Crippen LogP contribution in [0.3, 0.4) is 0 Å². The van der Waals surface area contributed by atoms with Crippen molar-refractivity contribution >= 4 is 33.4 Å². The number of aromatic nitrogens is 5. The van der Waals surface area contributed by atoms with Gasteiger partial charge in [0.05, 0.1) is 11.7 Å². The maximum absolute atomic E-state index is 5.91. The predicted molar refractivity (Wildman–Crippen MR) is 116 cm³/mol. The van der Waals surface area contributed by atoms with E-state index in [0.717, 1.165) is 17.4 Å². The Morgan fingerprint density at radius 1 is 1.07 bits per heavy atom. The molecule has 0 radical (unpaired) electrons. The zero-order valence-corrected chi connectivity index (χ0v) is 17.7. The first-order valence-corrected chi connectivity index (χ1v) is 10.1. The molecule has 1 aromatic carbocycles. The van der Waals surface area contributed by atoms with Crippen molar-refractivity contribution in [2.75, 3.05) is 32.6 Å². The molecule has 0 unspecified atom stereocenters. The van der Waals surface area contributed by atoms with Crippen molar-refractivity contribution in [2.24, 2.45) is 0 Å². The van der Waals surface area contributed by atoms with Crippen LogP contribution < -0.4 is 14.8 Å². The minimum atomic E-state index is 0.473. The number of benzene rings is 1. The summed E-state index contributed by atoms with van der Waals surface area (Å²) >= 11 is 1.28. The lowest BCUT2D eigenvalue weighted by atomic mass is 10.2. The molecule has 0 atom stereocenters. The van der Waals surface area contributed by atoms with Gasteiger partial charge < -0.3 is 19.7 Å². The highest BCUT2D eigenvalue weighted by Gasteiger charge is 2.09. The SMILES string of the molecule is Cc1nsc(Nc2ncnc3ccc(Oc4ccc(OCCN(C)C)cn4)cc23)n1. The van der Waals surface area contributed by atoms with E-state index in [1.807, 2.05) is 45.3 Å². The van der Waals surface area contributed by atoms with Crippen LogP contribution in [0.25, 0.3) is 10.9 Å². The number of hydrogen-bond donors (Lipinski definition) is 1. The largest absolute Gasteiger partial charge is 0.491 e. The second-order valence-corrected chi connectivity index (χ2v) is 7.51. The number of nitrogens with zero attached hydrogens (tertiary/aromatic N) is 6. The molecule has 0 amide bonds. The molecule has 4 rings (SSSR count). The molecule has 0 aliphatic heterocycles. The summed E-state index contributed by atoms with van der Waals surface area (Å²) in [6.45, 7) is 3.28. The summed E-state index contributed by atoms with van der Waals surface area (Å²) in [7, 11) is 4.01. The Morgan fingerprint density at radius 3 is 2.67 bits per heavy atom. The average molecular weight is 424 g/mol. The van der Waals surface area contributed by atoms with Gasteiger partial charge in [0, 0.05) is 29.5 Å². The first-order valence-electron chi connectivity index (χ1n) is 9.30. The Kier molecular flexibility index (Phi) is 5.96. The normalized spacial score (nSPS) is 11.1. The van der Waals surface area contributed by atoms with Crippen molar-refractivity contribution in [3.05, 3.63) is 48.7 Å². The number of ether oxygens (including phenoxy) is 2. The number of hydrogen-bond acceptors (Lipinski definition) is 10. The smallest absolute Gasteiger partial charge is 0.219 e. The van der Waals surface area contributed by atoms with E-state index in [9.17, 15) is 0 Å². The van der Waals surface area contributed by atoms with Crippen LogP contribution in [0.2, 0.25) is 0 Å². The molecule has 4 aromatic rings. The fourth-order valence-corrected chi connectivity index (χ4v) is 3.20. The van der Waals surface area contributed by atoms with Crippen LogP contribution in [-0.2, 0) is 0 Å². The van der Waals surface area contributed by atoms with Gasteiger partial charge in [0.1, 0.15) is 36.1 Å². The monoisotopic (exact) mass is 423 g/mol. The second-order valence-electron chi connectivity index (χ2n) is 6.76. The molecule has 0 aliphatic carbocycles.